The standard InChI is InChI=1S/C13H17N3/c1-14-12(9-7-8-9)13-10-5-3-4-6-11(10)16(2)15-13/h3-6,9,12,14H,7-8H2,1-2H3. The van der Waals surface area contributed by atoms with E-state index in [1.165, 1.54) is 29.4 Å². The molecule has 1 aliphatic carbocycles. The Bertz CT molecular complexity index is 511. The van der Waals surface area contributed by atoms with Crippen LogP contribution in [-0.4, -0.2) is 16.8 Å². The van der Waals surface area contributed by atoms with Crippen molar-refractivity contribution in [3.05, 3.63) is 30.0 Å². The minimum atomic E-state index is 0.422. The summed E-state index contributed by atoms with van der Waals surface area (Å²) in [7, 11) is 4.05. The Labute approximate surface area is 95.5 Å². The molecule has 0 saturated heterocycles. The fourth-order valence-corrected chi connectivity index (χ4v) is 2.50. The van der Waals surface area contributed by atoms with Crippen LogP contribution < -0.4 is 5.32 Å². The van der Waals surface area contributed by atoms with E-state index in [-0.39, 0.29) is 0 Å². The molecule has 1 aliphatic rings. The lowest BCUT2D eigenvalue weighted by Crippen LogP contribution is -2.19. The van der Waals surface area contributed by atoms with Crippen molar-refractivity contribution in [2.45, 2.75) is 18.9 Å². The molecule has 1 aromatic carbocycles. The minimum Gasteiger partial charge on any atom is -0.311 e. The van der Waals surface area contributed by atoms with E-state index in [2.05, 4.69) is 34.7 Å². The first-order valence-electron chi connectivity index (χ1n) is 5.90. The number of nitrogens with zero attached hydrogens (tertiary/aromatic N) is 2. The van der Waals surface area contributed by atoms with Gasteiger partial charge in [0, 0.05) is 12.4 Å². The minimum absolute atomic E-state index is 0.422. The van der Waals surface area contributed by atoms with Gasteiger partial charge < -0.3 is 5.32 Å². The maximum absolute atomic E-state index is 4.68. The normalized spacial score (nSPS) is 17.9. The molecule has 3 rings (SSSR count). The Morgan fingerprint density at radius 1 is 1.38 bits per heavy atom. The summed E-state index contributed by atoms with van der Waals surface area (Å²) < 4.78 is 1.98. The molecule has 1 heterocycles. The molecule has 1 N–H and O–H groups in total. The molecular formula is C13H17N3. The lowest BCUT2D eigenvalue weighted by atomic mass is 10.1. The predicted octanol–water partition coefficient (Wildman–Crippen LogP) is 2.24. The van der Waals surface area contributed by atoms with Crippen molar-refractivity contribution in [1.29, 1.82) is 0 Å². The van der Waals surface area contributed by atoms with Crippen LogP contribution in [0.25, 0.3) is 10.9 Å². The average molecular weight is 215 g/mol. The fourth-order valence-electron chi connectivity index (χ4n) is 2.50. The number of rotatable bonds is 3. The maximum Gasteiger partial charge on any atom is 0.0875 e. The summed E-state index contributed by atoms with van der Waals surface area (Å²) in [4.78, 5) is 0. The lowest BCUT2D eigenvalue weighted by Gasteiger charge is -2.12. The molecule has 0 radical (unpaired) electrons. The number of nitrogens with one attached hydrogen (secondary N) is 1. The number of fused-ring (bicyclic) bond motifs is 1. The third kappa shape index (κ3) is 1.43. The zero-order valence-corrected chi connectivity index (χ0v) is 9.77. The van der Waals surface area contributed by atoms with Crippen LogP contribution in [0.15, 0.2) is 24.3 Å². The van der Waals surface area contributed by atoms with Crippen LogP contribution in [0, 0.1) is 5.92 Å². The maximum atomic E-state index is 4.68. The smallest absolute Gasteiger partial charge is 0.0875 e. The molecular weight excluding hydrogens is 198 g/mol. The molecule has 0 aliphatic heterocycles. The zero-order valence-electron chi connectivity index (χ0n) is 9.77. The van der Waals surface area contributed by atoms with Crippen molar-refractivity contribution >= 4 is 10.9 Å². The second kappa shape index (κ2) is 3.59. The quantitative estimate of drug-likeness (QED) is 0.851. The van der Waals surface area contributed by atoms with Crippen LogP contribution in [0.5, 0.6) is 0 Å². The van der Waals surface area contributed by atoms with Gasteiger partial charge in [-0.3, -0.25) is 4.68 Å². The summed E-state index contributed by atoms with van der Waals surface area (Å²) in [6, 6.07) is 8.88. The molecule has 1 unspecified atom stereocenters. The van der Waals surface area contributed by atoms with Crippen molar-refractivity contribution < 1.29 is 0 Å². The number of hydrogen-bond donors (Lipinski definition) is 1. The van der Waals surface area contributed by atoms with Gasteiger partial charge in [0.15, 0.2) is 0 Å². The van der Waals surface area contributed by atoms with E-state index < -0.39 is 0 Å². The van der Waals surface area contributed by atoms with Gasteiger partial charge in [0.25, 0.3) is 0 Å². The first kappa shape index (κ1) is 9.85. The Hall–Kier alpha value is -1.35. The van der Waals surface area contributed by atoms with Gasteiger partial charge in [0.2, 0.25) is 0 Å². The second-order valence-corrected chi connectivity index (χ2v) is 4.63. The van der Waals surface area contributed by atoms with Gasteiger partial charge in [-0.15, -0.1) is 0 Å². The molecule has 3 nitrogen and oxygen atoms in total. The van der Waals surface area contributed by atoms with Crippen LogP contribution in [0.3, 0.4) is 0 Å². The molecule has 0 spiro atoms. The van der Waals surface area contributed by atoms with Crippen LogP contribution in [0.1, 0.15) is 24.6 Å². The fraction of sp³-hybridized carbons (Fsp3) is 0.462. The molecule has 0 bridgehead atoms. The highest BCUT2D eigenvalue weighted by molar-refractivity contribution is 5.82. The highest BCUT2D eigenvalue weighted by Crippen LogP contribution is 2.42. The van der Waals surface area contributed by atoms with Crippen molar-refractivity contribution in [3.8, 4) is 0 Å². The largest absolute Gasteiger partial charge is 0.311 e. The summed E-state index contributed by atoms with van der Waals surface area (Å²) in [5, 5.41) is 9.37. The van der Waals surface area contributed by atoms with Gasteiger partial charge in [-0.05, 0) is 31.9 Å². The average Bonchev–Trinajstić information content (AvgIpc) is 3.08. The van der Waals surface area contributed by atoms with Crippen molar-refractivity contribution in [2.75, 3.05) is 7.05 Å². The van der Waals surface area contributed by atoms with E-state index in [1.807, 2.05) is 18.8 Å². The summed E-state index contributed by atoms with van der Waals surface area (Å²) in [5.74, 6) is 0.781. The molecule has 0 amide bonds. The van der Waals surface area contributed by atoms with Gasteiger partial charge in [-0.25, -0.2) is 0 Å². The van der Waals surface area contributed by atoms with Crippen LogP contribution in [-0.2, 0) is 7.05 Å². The van der Waals surface area contributed by atoms with Crippen molar-refractivity contribution in [2.24, 2.45) is 13.0 Å². The highest BCUT2D eigenvalue weighted by atomic mass is 15.3. The van der Waals surface area contributed by atoms with Crippen molar-refractivity contribution in [1.82, 2.24) is 15.1 Å². The Morgan fingerprint density at radius 2 is 2.12 bits per heavy atom. The highest BCUT2D eigenvalue weighted by Gasteiger charge is 2.33. The molecule has 1 saturated carbocycles. The predicted molar refractivity (Wildman–Crippen MR) is 65.2 cm³/mol. The van der Waals surface area contributed by atoms with Gasteiger partial charge in [0.05, 0.1) is 17.3 Å². The molecule has 1 atom stereocenters. The van der Waals surface area contributed by atoms with Crippen molar-refractivity contribution in [3.63, 3.8) is 0 Å². The van der Waals surface area contributed by atoms with Gasteiger partial charge >= 0.3 is 0 Å². The van der Waals surface area contributed by atoms with E-state index in [4.69, 9.17) is 0 Å². The van der Waals surface area contributed by atoms with Crippen LogP contribution >= 0.6 is 0 Å². The summed E-state index contributed by atoms with van der Waals surface area (Å²) >= 11 is 0. The topological polar surface area (TPSA) is 29.9 Å². The third-order valence-corrected chi connectivity index (χ3v) is 3.49. The summed E-state index contributed by atoms with van der Waals surface area (Å²) in [6.07, 6.45) is 2.66. The molecule has 1 aromatic heterocycles. The van der Waals surface area contributed by atoms with E-state index in [0.717, 1.165) is 5.92 Å². The first-order valence-corrected chi connectivity index (χ1v) is 5.90. The molecule has 1 fully saturated rings. The molecule has 2 aromatic rings. The first-order chi connectivity index (χ1) is 7.81. The number of hydrogen-bond acceptors (Lipinski definition) is 2. The number of para-hydroxylation sites is 1. The van der Waals surface area contributed by atoms with E-state index >= 15 is 0 Å². The summed E-state index contributed by atoms with van der Waals surface area (Å²) in [6.45, 7) is 0. The Balaban J connectivity index is 2.15. The van der Waals surface area contributed by atoms with E-state index in [1.54, 1.807) is 0 Å². The Morgan fingerprint density at radius 3 is 2.81 bits per heavy atom. The van der Waals surface area contributed by atoms with Gasteiger partial charge in [0.1, 0.15) is 0 Å². The number of aromatic nitrogens is 2. The SMILES string of the molecule is CNC(c1nn(C)c2ccccc12)C1CC1. The van der Waals surface area contributed by atoms with E-state index in [9.17, 15) is 0 Å². The lowest BCUT2D eigenvalue weighted by molar-refractivity contribution is 0.510. The molecule has 84 valence electrons. The Kier molecular flexibility index (Phi) is 2.21. The van der Waals surface area contributed by atoms with Crippen LogP contribution in [0.2, 0.25) is 0 Å². The number of aryl methyl sites for hydroxylation is 1. The summed E-state index contributed by atoms with van der Waals surface area (Å²) in [5.41, 5.74) is 2.43. The molecule has 3 heteroatoms. The third-order valence-electron chi connectivity index (χ3n) is 3.49. The zero-order chi connectivity index (χ0) is 11.1. The monoisotopic (exact) mass is 215 g/mol. The molecule has 16 heavy (non-hydrogen) atoms. The second-order valence-electron chi connectivity index (χ2n) is 4.63. The number of benzene rings is 1. The van der Waals surface area contributed by atoms with Gasteiger partial charge in [-0.1, -0.05) is 18.2 Å². The van der Waals surface area contributed by atoms with Gasteiger partial charge in [-0.2, -0.15) is 5.10 Å². The van der Waals surface area contributed by atoms with Crippen LogP contribution in [0.4, 0.5) is 0 Å². The van der Waals surface area contributed by atoms with E-state index in [0.29, 0.717) is 6.04 Å².